The van der Waals surface area contributed by atoms with Gasteiger partial charge in [0.2, 0.25) is 15.9 Å². The molecule has 26 heavy (non-hydrogen) atoms. The standard InChI is InChI=1S/C18H28N4O3S/c1-2-3-8-26(23,24)22-7-6-21-13-16(9-15(21)12-22)25-18-11-19-17(10-20-18)14-4-5-14/h10-11,14-16H,2-9,12-13H2,1H3/t15-,16-/m0/s1. The van der Waals surface area contributed by atoms with Gasteiger partial charge >= 0.3 is 0 Å². The van der Waals surface area contributed by atoms with Gasteiger partial charge in [-0.25, -0.2) is 13.4 Å². The van der Waals surface area contributed by atoms with Gasteiger partial charge in [0.1, 0.15) is 6.10 Å². The van der Waals surface area contributed by atoms with E-state index in [0.717, 1.165) is 38.0 Å². The Morgan fingerprint density at radius 1 is 1.19 bits per heavy atom. The van der Waals surface area contributed by atoms with Crippen LogP contribution in [0.15, 0.2) is 12.4 Å². The molecule has 8 heteroatoms. The molecule has 0 N–H and O–H groups in total. The molecular formula is C18H28N4O3S. The van der Waals surface area contributed by atoms with E-state index in [0.29, 0.717) is 24.9 Å². The van der Waals surface area contributed by atoms with Crippen LogP contribution in [0, 0.1) is 0 Å². The minimum atomic E-state index is -3.12. The highest BCUT2D eigenvalue weighted by molar-refractivity contribution is 7.89. The summed E-state index contributed by atoms with van der Waals surface area (Å²) in [4.78, 5) is 11.2. The minimum absolute atomic E-state index is 0.0550. The Morgan fingerprint density at radius 3 is 2.73 bits per heavy atom. The van der Waals surface area contributed by atoms with Crippen molar-refractivity contribution in [3.05, 3.63) is 18.1 Å². The predicted molar refractivity (Wildman–Crippen MR) is 98.7 cm³/mol. The van der Waals surface area contributed by atoms with Crippen LogP contribution in [0.2, 0.25) is 0 Å². The zero-order valence-electron chi connectivity index (χ0n) is 15.4. The number of nitrogens with zero attached hydrogens (tertiary/aromatic N) is 4. The molecule has 0 bridgehead atoms. The van der Waals surface area contributed by atoms with Crippen LogP contribution in [0.3, 0.4) is 0 Å². The van der Waals surface area contributed by atoms with Crippen LogP contribution in [-0.2, 0) is 10.0 Å². The SMILES string of the molecule is CCCCS(=O)(=O)N1CCN2C[C@@H](Oc3cnc(C4CC4)cn3)C[C@H]2C1. The largest absolute Gasteiger partial charge is 0.472 e. The number of aromatic nitrogens is 2. The van der Waals surface area contributed by atoms with Gasteiger partial charge in [0.05, 0.1) is 23.8 Å². The molecular weight excluding hydrogens is 352 g/mol. The van der Waals surface area contributed by atoms with Crippen molar-refractivity contribution in [2.24, 2.45) is 0 Å². The topological polar surface area (TPSA) is 75.6 Å². The fourth-order valence-electron chi connectivity index (χ4n) is 3.91. The first-order valence-corrected chi connectivity index (χ1v) is 11.4. The van der Waals surface area contributed by atoms with Crippen LogP contribution in [0.5, 0.6) is 5.88 Å². The second kappa shape index (κ2) is 7.40. The number of ether oxygens (including phenoxy) is 1. The number of hydrogen-bond donors (Lipinski definition) is 0. The van der Waals surface area contributed by atoms with Crippen molar-refractivity contribution < 1.29 is 13.2 Å². The lowest BCUT2D eigenvalue weighted by Crippen LogP contribution is -2.52. The van der Waals surface area contributed by atoms with E-state index >= 15 is 0 Å². The summed E-state index contributed by atoms with van der Waals surface area (Å²) in [5, 5.41) is 0. The Kier molecular flexibility index (Phi) is 5.16. The van der Waals surface area contributed by atoms with E-state index in [1.807, 2.05) is 13.1 Å². The second-order valence-corrected chi connectivity index (χ2v) is 9.79. The summed E-state index contributed by atoms with van der Waals surface area (Å²) in [5.41, 5.74) is 1.06. The Bertz CT molecular complexity index is 720. The molecule has 1 saturated carbocycles. The van der Waals surface area contributed by atoms with E-state index in [1.54, 1.807) is 10.5 Å². The minimum Gasteiger partial charge on any atom is -0.472 e. The van der Waals surface area contributed by atoms with Gasteiger partial charge < -0.3 is 4.74 Å². The summed E-state index contributed by atoms with van der Waals surface area (Å²) in [7, 11) is -3.12. The molecule has 3 heterocycles. The molecule has 0 amide bonds. The van der Waals surface area contributed by atoms with Gasteiger partial charge in [0, 0.05) is 44.6 Å². The Balaban J connectivity index is 1.32. The van der Waals surface area contributed by atoms with E-state index in [9.17, 15) is 8.42 Å². The monoisotopic (exact) mass is 380 g/mol. The first kappa shape index (κ1) is 18.1. The van der Waals surface area contributed by atoms with Crippen LogP contribution in [0.4, 0.5) is 0 Å². The fraction of sp³-hybridized carbons (Fsp3) is 0.778. The van der Waals surface area contributed by atoms with E-state index < -0.39 is 10.0 Å². The molecule has 144 valence electrons. The lowest BCUT2D eigenvalue weighted by atomic mass is 10.2. The molecule has 1 aromatic heterocycles. The molecule has 4 rings (SSSR count). The van der Waals surface area contributed by atoms with Gasteiger partial charge in [-0.15, -0.1) is 0 Å². The average molecular weight is 381 g/mol. The summed E-state index contributed by atoms with van der Waals surface area (Å²) in [6.45, 7) is 4.80. The summed E-state index contributed by atoms with van der Waals surface area (Å²) >= 11 is 0. The third-order valence-corrected chi connectivity index (χ3v) is 7.54. The molecule has 2 aliphatic heterocycles. The predicted octanol–water partition coefficient (Wildman–Crippen LogP) is 1.62. The van der Waals surface area contributed by atoms with Crippen LogP contribution < -0.4 is 4.74 Å². The molecule has 3 aliphatic rings. The van der Waals surface area contributed by atoms with Crippen LogP contribution in [0.25, 0.3) is 0 Å². The molecule has 0 spiro atoms. The van der Waals surface area contributed by atoms with Gasteiger partial charge in [-0.3, -0.25) is 9.88 Å². The van der Waals surface area contributed by atoms with E-state index in [1.165, 1.54) is 12.8 Å². The zero-order valence-corrected chi connectivity index (χ0v) is 16.2. The second-order valence-electron chi connectivity index (χ2n) is 7.71. The Morgan fingerprint density at radius 2 is 2.04 bits per heavy atom. The van der Waals surface area contributed by atoms with Crippen molar-refractivity contribution in [2.45, 2.75) is 57.1 Å². The summed E-state index contributed by atoms with van der Waals surface area (Å²) in [5.74, 6) is 1.43. The summed E-state index contributed by atoms with van der Waals surface area (Å²) < 4.78 is 32.6. The molecule has 2 saturated heterocycles. The van der Waals surface area contributed by atoms with Gasteiger partial charge in [-0.05, 0) is 19.3 Å². The molecule has 0 aromatic carbocycles. The summed E-state index contributed by atoms with van der Waals surface area (Å²) in [6.07, 6.45) is 8.51. The number of hydrogen-bond acceptors (Lipinski definition) is 6. The quantitative estimate of drug-likeness (QED) is 0.716. The van der Waals surface area contributed by atoms with Gasteiger partial charge in [0.15, 0.2) is 0 Å². The number of rotatable bonds is 7. The summed E-state index contributed by atoms with van der Waals surface area (Å²) in [6, 6.07) is 0.240. The maximum atomic E-state index is 12.5. The average Bonchev–Trinajstić information content (AvgIpc) is 3.40. The van der Waals surface area contributed by atoms with Gasteiger partial charge in [0.25, 0.3) is 0 Å². The van der Waals surface area contributed by atoms with E-state index in [4.69, 9.17) is 4.74 Å². The number of piperazine rings is 1. The molecule has 7 nitrogen and oxygen atoms in total. The van der Waals surface area contributed by atoms with Crippen molar-refractivity contribution in [1.29, 1.82) is 0 Å². The normalized spacial score (nSPS) is 27.4. The Hall–Kier alpha value is -1.25. The highest BCUT2D eigenvalue weighted by Crippen LogP contribution is 2.38. The lowest BCUT2D eigenvalue weighted by molar-refractivity contribution is 0.151. The molecule has 1 aliphatic carbocycles. The zero-order chi connectivity index (χ0) is 18.1. The van der Waals surface area contributed by atoms with Crippen molar-refractivity contribution >= 4 is 10.0 Å². The maximum Gasteiger partial charge on any atom is 0.232 e. The molecule has 2 atom stereocenters. The van der Waals surface area contributed by atoms with E-state index in [-0.39, 0.29) is 17.9 Å². The maximum absolute atomic E-state index is 12.5. The van der Waals surface area contributed by atoms with Crippen LogP contribution in [-0.4, -0.2) is 71.7 Å². The molecule has 0 unspecified atom stereocenters. The molecule has 0 radical (unpaired) electrons. The smallest absolute Gasteiger partial charge is 0.232 e. The number of fused-ring (bicyclic) bond motifs is 1. The molecule has 1 aromatic rings. The third-order valence-electron chi connectivity index (χ3n) is 5.62. The highest BCUT2D eigenvalue weighted by Gasteiger charge is 2.40. The molecule has 3 fully saturated rings. The Labute approximate surface area is 155 Å². The highest BCUT2D eigenvalue weighted by atomic mass is 32.2. The lowest BCUT2D eigenvalue weighted by Gasteiger charge is -2.36. The first-order chi connectivity index (χ1) is 12.5. The third kappa shape index (κ3) is 4.02. The first-order valence-electron chi connectivity index (χ1n) is 9.75. The van der Waals surface area contributed by atoms with Crippen molar-refractivity contribution in [3.8, 4) is 5.88 Å². The number of sulfonamides is 1. The van der Waals surface area contributed by atoms with Crippen LogP contribution in [0.1, 0.15) is 50.6 Å². The van der Waals surface area contributed by atoms with Crippen molar-refractivity contribution in [3.63, 3.8) is 0 Å². The van der Waals surface area contributed by atoms with Crippen molar-refractivity contribution in [2.75, 3.05) is 31.9 Å². The van der Waals surface area contributed by atoms with E-state index in [2.05, 4.69) is 14.9 Å². The van der Waals surface area contributed by atoms with Gasteiger partial charge in [-0.1, -0.05) is 13.3 Å². The fourth-order valence-corrected chi connectivity index (χ4v) is 5.58. The van der Waals surface area contributed by atoms with Gasteiger partial charge in [-0.2, -0.15) is 4.31 Å². The van der Waals surface area contributed by atoms with Crippen LogP contribution >= 0.6 is 0 Å². The number of unbranched alkanes of at least 4 members (excludes halogenated alkanes) is 1. The van der Waals surface area contributed by atoms with Crippen molar-refractivity contribution in [1.82, 2.24) is 19.2 Å².